The first kappa shape index (κ1) is 22.5. The molecule has 1 aliphatic heterocycles. The van der Waals surface area contributed by atoms with E-state index in [1.807, 2.05) is 34.6 Å². The first-order valence-electron chi connectivity index (χ1n) is 10.3. The lowest BCUT2D eigenvalue weighted by Crippen LogP contribution is -2.42. The fourth-order valence-electron chi connectivity index (χ4n) is 3.69. The maximum atomic E-state index is 12.5. The third-order valence-electron chi connectivity index (χ3n) is 5.11. The summed E-state index contributed by atoms with van der Waals surface area (Å²) in [6.45, 7) is 10.0. The van der Waals surface area contributed by atoms with Crippen LogP contribution in [0.3, 0.4) is 0 Å². The van der Waals surface area contributed by atoms with Gasteiger partial charge in [0.2, 0.25) is 0 Å². The Morgan fingerprint density at radius 3 is 2.55 bits per heavy atom. The number of likely N-dealkylation sites (tertiary alicyclic amines) is 1. The van der Waals surface area contributed by atoms with Crippen molar-refractivity contribution in [3.63, 3.8) is 0 Å². The van der Waals surface area contributed by atoms with Crippen LogP contribution in [0.2, 0.25) is 0 Å². The van der Waals surface area contributed by atoms with Crippen LogP contribution in [0.1, 0.15) is 45.0 Å². The van der Waals surface area contributed by atoms with Gasteiger partial charge in [-0.15, -0.1) is 0 Å². The molecular weight excluding hydrogens is 400 g/mol. The number of nitro groups is 1. The number of carbonyl (C=O) groups excluding carboxylic acids is 1. The highest BCUT2D eigenvalue weighted by Crippen LogP contribution is 2.36. The number of ether oxygens (including phenoxy) is 2. The zero-order valence-corrected chi connectivity index (χ0v) is 18.5. The van der Waals surface area contributed by atoms with Crippen LogP contribution >= 0.6 is 0 Å². The highest BCUT2D eigenvalue weighted by atomic mass is 16.6. The summed E-state index contributed by atoms with van der Waals surface area (Å²) >= 11 is 0. The molecular formula is C22H28N4O5. The Morgan fingerprint density at radius 1 is 1.26 bits per heavy atom. The lowest BCUT2D eigenvalue weighted by atomic mass is 10.0. The van der Waals surface area contributed by atoms with E-state index in [1.165, 1.54) is 18.5 Å². The smallest absolute Gasteiger partial charge is 0.410 e. The standard InChI is InChI=1S/C22H28N4O5/c1-14-20(15(2)24-13-23-14)18-11-16(26(28)29)8-9-19(18)30-12-17-7-6-10-25(17)21(27)31-22(3,4)5/h8-9,11,13,17H,6-7,10,12H2,1-5H3/t17-/m0/s1. The van der Waals surface area contributed by atoms with Gasteiger partial charge in [-0.2, -0.15) is 0 Å². The summed E-state index contributed by atoms with van der Waals surface area (Å²) in [5, 5.41) is 11.3. The Labute approximate surface area is 181 Å². The molecule has 9 nitrogen and oxygen atoms in total. The normalized spacial score (nSPS) is 16.3. The second kappa shape index (κ2) is 8.87. The van der Waals surface area contributed by atoms with Gasteiger partial charge in [0.05, 0.1) is 11.0 Å². The number of rotatable bonds is 5. The third kappa shape index (κ3) is 5.28. The highest BCUT2D eigenvalue weighted by molar-refractivity contribution is 5.76. The first-order chi connectivity index (χ1) is 14.6. The molecule has 9 heteroatoms. The van der Waals surface area contributed by atoms with Gasteiger partial charge in [0.1, 0.15) is 24.3 Å². The summed E-state index contributed by atoms with van der Waals surface area (Å²) in [6.07, 6.45) is 2.77. The van der Waals surface area contributed by atoms with Crippen LogP contribution < -0.4 is 4.74 Å². The fraction of sp³-hybridized carbons (Fsp3) is 0.500. The van der Waals surface area contributed by atoms with Crippen LogP contribution in [0.15, 0.2) is 24.5 Å². The molecule has 1 amide bonds. The predicted molar refractivity (Wildman–Crippen MR) is 115 cm³/mol. The SMILES string of the molecule is Cc1ncnc(C)c1-c1cc([N+](=O)[O-])ccc1OC[C@@H]1CCCN1C(=O)OC(C)(C)C. The molecule has 1 aromatic heterocycles. The van der Waals surface area contributed by atoms with Crippen molar-refractivity contribution in [2.24, 2.45) is 0 Å². The second-order valence-electron chi connectivity index (χ2n) is 8.64. The van der Waals surface area contributed by atoms with E-state index in [4.69, 9.17) is 9.47 Å². The molecule has 1 aliphatic rings. The lowest BCUT2D eigenvalue weighted by molar-refractivity contribution is -0.384. The first-order valence-corrected chi connectivity index (χ1v) is 10.3. The molecule has 0 radical (unpaired) electrons. The zero-order chi connectivity index (χ0) is 22.8. The summed E-state index contributed by atoms with van der Waals surface area (Å²) < 4.78 is 11.6. The number of hydrogen-bond acceptors (Lipinski definition) is 7. The fourth-order valence-corrected chi connectivity index (χ4v) is 3.69. The molecule has 0 unspecified atom stereocenters. The molecule has 0 bridgehead atoms. The van der Waals surface area contributed by atoms with E-state index in [0.717, 1.165) is 12.8 Å². The van der Waals surface area contributed by atoms with Crippen molar-refractivity contribution < 1.29 is 19.2 Å². The molecule has 1 atom stereocenters. The van der Waals surface area contributed by atoms with E-state index in [9.17, 15) is 14.9 Å². The lowest BCUT2D eigenvalue weighted by Gasteiger charge is -2.28. The van der Waals surface area contributed by atoms with Crippen LogP contribution in [0.5, 0.6) is 5.75 Å². The largest absolute Gasteiger partial charge is 0.491 e. The minimum absolute atomic E-state index is 0.0405. The van der Waals surface area contributed by atoms with E-state index in [1.54, 1.807) is 11.0 Å². The van der Waals surface area contributed by atoms with Gasteiger partial charge in [0.15, 0.2) is 0 Å². The summed E-state index contributed by atoms with van der Waals surface area (Å²) in [7, 11) is 0. The molecule has 166 valence electrons. The summed E-state index contributed by atoms with van der Waals surface area (Å²) in [4.78, 5) is 33.6. The number of non-ortho nitro benzene ring substituents is 1. The number of amides is 1. The number of nitro benzene ring substituents is 1. The van der Waals surface area contributed by atoms with Crippen LogP contribution in [0.4, 0.5) is 10.5 Å². The third-order valence-corrected chi connectivity index (χ3v) is 5.11. The summed E-state index contributed by atoms with van der Waals surface area (Å²) in [5.41, 5.74) is 2.06. The topological polar surface area (TPSA) is 108 Å². The Hall–Kier alpha value is -3.23. The van der Waals surface area contributed by atoms with Crippen LogP contribution in [-0.4, -0.2) is 50.7 Å². The van der Waals surface area contributed by atoms with E-state index < -0.39 is 10.5 Å². The van der Waals surface area contributed by atoms with Gasteiger partial charge in [-0.25, -0.2) is 14.8 Å². The van der Waals surface area contributed by atoms with Gasteiger partial charge in [-0.1, -0.05) is 0 Å². The van der Waals surface area contributed by atoms with Gasteiger partial charge < -0.3 is 14.4 Å². The van der Waals surface area contributed by atoms with Gasteiger partial charge in [-0.3, -0.25) is 10.1 Å². The molecule has 1 aromatic carbocycles. The van der Waals surface area contributed by atoms with Crippen molar-refractivity contribution in [1.29, 1.82) is 0 Å². The van der Waals surface area contributed by atoms with Crippen molar-refractivity contribution in [2.75, 3.05) is 13.2 Å². The molecule has 31 heavy (non-hydrogen) atoms. The molecule has 0 aliphatic carbocycles. The van der Waals surface area contributed by atoms with Gasteiger partial charge in [0, 0.05) is 41.2 Å². The average Bonchev–Trinajstić information content (AvgIpc) is 3.14. The van der Waals surface area contributed by atoms with Gasteiger partial charge in [0.25, 0.3) is 5.69 Å². The maximum Gasteiger partial charge on any atom is 0.410 e. The van der Waals surface area contributed by atoms with Crippen LogP contribution in [0.25, 0.3) is 11.1 Å². The number of hydrogen-bond donors (Lipinski definition) is 0. The van der Waals surface area contributed by atoms with Crippen molar-refractivity contribution in [3.8, 4) is 16.9 Å². The van der Waals surface area contributed by atoms with Crippen molar-refractivity contribution >= 4 is 11.8 Å². The Morgan fingerprint density at radius 2 is 1.94 bits per heavy atom. The Balaban J connectivity index is 1.86. The number of aromatic nitrogens is 2. The Bertz CT molecular complexity index is 966. The van der Waals surface area contributed by atoms with E-state index in [-0.39, 0.29) is 24.4 Å². The molecule has 0 saturated carbocycles. The van der Waals surface area contributed by atoms with E-state index in [2.05, 4.69) is 9.97 Å². The van der Waals surface area contributed by atoms with E-state index >= 15 is 0 Å². The summed E-state index contributed by atoms with van der Waals surface area (Å²) in [6, 6.07) is 4.35. The molecule has 1 saturated heterocycles. The maximum absolute atomic E-state index is 12.5. The minimum atomic E-state index is -0.570. The minimum Gasteiger partial charge on any atom is -0.491 e. The molecule has 0 N–H and O–H groups in total. The molecule has 2 aromatic rings. The van der Waals surface area contributed by atoms with Crippen molar-refractivity contribution in [1.82, 2.24) is 14.9 Å². The molecule has 2 heterocycles. The number of aryl methyl sites for hydroxylation is 2. The van der Waals surface area contributed by atoms with Crippen molar-refractivity contribution in [3.05, 3.63) is 46.0 Å². The predicted octanol–water partition coefficient (Wildman–Crippen LogP) is 4.45. The monoisotopic (exact) mass is 428 g/mol. The quantitative estimate of drug-likeness (QED) is 0.511. The molecule has 1 fully saturated rings. The highest BCUT2D eigenvalue weighted by Gasteiger charge is 2.33. The number of nitrogens with zero attached hydrogens (tertiary/aromatic N) is 4. The Kier molecular flexibility index (Phi) is 6.42. The summed E-state index contributed by atoms with van der Waals surface area (Å²) in [5.74, 6) is 0.489. The van der Waals surface area contributed by atoms with Gasteiger partial charge >= 0.3 is 6.09 Å². The second-order valence-corrected chi connectivity index (χ2v) is 8.64. The molecule has 0 spiro atoms. The number of benzene rings is 1. The number of carbonyl (C=O) groups is 1. The van der Waals surface area contributed by atoms with Gasteiger partial charge in [-0.05, 0) is 53.5 Å². The van der Waals surface area contributed by atoms with E-state index in [0.29, 0.717) is 34.8 Å². The molecule has 3 rings (SSSR count). The van der Waals surface area contributed by atoms with Crippen LogP contribution in [-0.2, 0) is 4.74 Å². The van der Waals surface area contributed by atoms with Crippen molar-refractivity contribution in [2.45, 2.75) is 59.1 Å². The zero-order valence-electron chi connectivity index (χ0n) is 18.5. The average molecular weight is 428 g/mol. The van der Waals surface area contributed by atoms with Crippen LogP contribution in [0, 0.1) is 24.0 Å².